The van der Waals surface area contributed by atoms with Gasteiger partial charge in [-0.05, 0) is 60.3 Å². The monoisotopic (exact) mass is 336 g/mol. The Bertz CT molecular complexity index is 474. The Labute approximate surface area is 128 Å². The van der Waals surface area contributed by atoms with Gasteiger partial charge in [-0.1, -0.05) is 6.42 Å². The number of likely N-dealkylation sites (tertiary alicyclic amines) is 1. The quantitative estimate of drug-likeness (QED) is 0.845. The zero-order chi connectivity index (χ0) is 13.9. The summed E-state index contributed by atoms with van der Waals surface area (Å²) < 4.78 is 1.02. The van der Waals surface area contributed by atoms with Crippen molar-refractivity contribution in [3.8, 4) is 0 Å². The van der Waals surface area contributed by atoms with Gasteiger partial charge in [-0.15, -0.1) is 0 Å². The molecule has 0 amide bonds. The van der Waals surface area contributed by atoms with Crippen LogP contribution in [0.1, 0.15) is 44.2 Å². The predicted molar refractivity (Wildman–Crippen MR) is 82.3 cm³/mol. The van der Waals surface area contributed by atoms with Crippen LogP contribution < -0.4 is 0 Å². The molecule has 3 nitrogen and oxygen atoms in total. The zero-order valence-electron chi connectivity index (χ0n) is 11.7. The van der Waals surface area contributed by atoms with Gasteiger partial charge in [0.15, 0.2) is 0 Å². The van der Waals surface area contributed by atoms with Crippen LogP contribution in [0.5, 0.6) is 0 Å². The molecule has 1 aliphatic heterocycles. The fourth-order valence-electron chi connectivity index (χ4n) is 3.63. The molecule has 2 aliphatic rings. The molecule has 1 aliphatic carbocycles. The number of Topliss-reactive ketones (excluding diaryl/α,β-unsaturated/α-hetero) is 1. The molecular weight excluding hydrogens is 316 g/mol. The van der Waals surface area contributed by atoms with Crippen molar-refractivity contribution in [2.75, 3.05) is 6.54 Å². The van der Waals surface area contributed by atoms with Crippen molar-refractivity contribution in [3.63, 3.8) is 0 Å². The van der Waals surface area contributed by atoms with Gasteiger partial charge in [-0.25, -0.2) is 0 Å². The van der Waals surface area contributed by atoms with Gasteiger partial charge in [-0.3, -0.25) is 14.7 Å². The van der Waals surface area contributed by atoms with Gasteiger partial charge in [0.1, 0.15) is 5.78 Å². The summed E-state index contributed by atoms with van der Waals surface area (Å²) in [7, 11) is 0. The standard InChI is InChI=1S/C16H21BrN2O/c17-12-7-8-13(18-10-12)11-19-9-2-1-5-15(19)14-4-3-6-16(14)20/h7-8,10,14-15H,1-6,9,11H2. The number of carbonyl (C=O) groups excluding carboxylic acids is 1. The molecule has 2 fully saturated rings. The van der Waals surface area contributed by atoms with Gasteiger partial charge in [0.05, 0.1) is 5.69 Å². The number of piperidine rings is 1. The Morgan fingerprint density at radius 2 is 2.15 bits per heavy atom. The Morgan fingerprint density at radius 3 is 2.85 bits per heavy atom. The Morgan fingerprint density at radius 1 is 1.25 bits per heavy atom. The van der Waals surface area contributed by atoms with E-state index in [0.29, 0.717) is 11.8 Å². The van der Waals surface area contributed by atoms with Gasteiger partial charge in [0.25, 0.3) is 0 Å². The number of carbonyl (C=O) groups is 1. The molecule has 1 aromatic heterocycles. The van der Waals surface area contributed by atoms with Crippen LogP contribution in [0.4, 0.5) is 0 Å². The second kappa shape index (κ2) is 6.35. The van der Waals surface area contributed by atoms with E-state index in [0.717, 1.165) is 42.5 Å². The Balaban J connectivity index is 1.71. The van der Waals surface area contributed by atoms with Crippen molar-refractivity contribution in [2.45, 2.75) is 51.1 Å². The van der Waals surface area contributed by atoms with E-state index in [1.807, 2.05) is 12.3 Å². The first-order chi connectivity index (χ1) is 9.74. The number of ketones is 1. The molecule has 108 valence electrons. The van der Waals surface area contributed by atoms with Crippen molar-refractivity contribution >= 4 is 21.7 Å². The fraction of sp³-hybridized carbons (Fsp3) is 0.625. The molecule has 0 radical (unpaired) electrons. The number of halogens is 1. The molecule has 0 bridgehead atoms. The summed E-state index contributed by atoms with van der Waals surface area (Å²) >= 11 is 3.42. The minimum Gasteiger partial charge on any atom is -0.299 e. The van der Waals surface area contributed by atoms with E-state index >= 15 is 0 Å². The zero-order valence-corrected chi connectivity index (χ0v) is 13.3. The summed E-state index contributed by atoms with van der Waals surface area (Å²) in [5, 5.41) is 0. The molecule has 0 aromatic carbocycles. The fourth-order valence-corrected chi connectivity index (χ4v) is 3.86. The average molecular weight is 337 g/mol. The Hall–Kier alpha value is -0.740. The number of aromatic nitrogens is 1. The van der Waals surface area contributed by atoms with Gasteiger partial charge < -0.3 is 0 Å². The SMILES string of the molecule is O=C1CCCC1C1CCCCN1Cc1ccc(Br)cn1. The first-order valence-electron chi connectivity index (χ1n) is 7.61. The summed E-state index contributed by atoms with van der Waals surface area (Å²) in [5.74, 6) is 0.774. The highest BCUT2D eigenvalue weighted by atomic mass is 79.9. The van der Waals surface area contributed by atoms with E-state index in [4.69, 9.17) is 0 Å². The van der Waals surface area contributed by atoms with Crippen LogP contribution in [0, 0.1) is 5.92 Å². The summed E-state index contributed by atoms with van der Waals surface area (Å²) in [6.45, 7) is 1.98. The molecule has 3 rings (SSSR count). The number of hydrogen-bond acceptors (Lipinski definition) is 3. The van der Waals surface area contributed by atoms with Crippen molar-refractivity contribution < 1.29 is 4.79 Å². The van der Waals surface area contributed by atoms with Crippen molar-refractivity contribution in [1.82, 2.24) is 9.88 Å². The van der Waals surface area contributed by atoms with E-state index in [2.05, 4.69) is 31.9 Å². The molecule has 4 heteroatoms. The third kappa shape index (κ3) is 3.12. The van der Waals surface area contributed by atoms with Gasteiger partial charge in [0.2, 0.25) is 0 Å². The number of nitrogens with zero attached hydrogens (tertiary/aromatic N) is 2. The van der Waals surface area contributed by atoms with Crippen LogP contribution in [-0.2, 0) is 11.3 Å². The summed E-state index contributed by atoms with van der Waals surface area (Å²) in [6.07, 6.45) is 8.51. The van der Waals surface area contributed by atoms with Crippen LogP contribution in [-0.4, -0.2) is 28.3 Å². The van der Waals surface area contributed by atoms with E-state index in [9.17, 15) is 4.79 Å². The maximum Gasteiger partial charge on any atom is 0.137 e. The minimum atomic E-state index is 0.283. The lowest BCUT2D eigenvalue weighted by Gasteiger charge is -2.38. The molecule has 1 saturated carbocycles. The van der Waals surface area contributed by atoms with Crippen LogP contribution in [0.3, 0.4) is 0 Å². The van der Waals surface area contributed by atoms with Crippen LogP contribution in [0.15, 0.2) is 22.8 Å². The molecular formula is C16H21BrN2O. The molecule has 1 aromatic rings. The predicted octanol–water partition coefficient (Wildman–Crippen LogP) is 3.57. The lowest BCUT2D eigenvalue weighted by Crippen LogP contribution is -2.45. The summed E-state index contributed by atoms with van der Waals surface area (Å²) in [4.78, 5) is 19.0. The van der Waals surface area contributed by atoms with E-state index in [-0.39, 0.29) is 5.92 Å². The molecule has 1 saturated heterocycles. The van der Waals surface area contributed by atoms with Gasteiger partial charge >= 0.3 is 0 Å². The smallest absolute Gasteiger partial charge is 0.137 e. The van der Waals surface area contributed by atoms with Crippen molar-refractivity contribution in [2.24, 2.45) is 5.92 Å². The highest BCUT2D eigenvalue weighted by Gasteiger charge is 2.36. The molecule has 20 heavy (non-hydrogen) atoms. The van der Waals surface area contributed by atoms with Crippen LogP contribution in [0.2, 0.25) is 0 Å². The lowest BCUT2D eigenvalue weighted by atomic mass is 9.88. The summed E-state index contributed by atoms with van der Waals surface area (Å²) in [5.41, 5.74) is 1.10. The first-order valence-corrected chi connectivity index (χ1v) is 8.40. The second-order valence-electron chi connectivity index (χ2n) is 5.97. The van der Waals surface area contributed by atoms with Gasteiger partial charge in [-0.2, -0.15) is 0 Å². The highest BCUT2D eigenvalue weighted by Crippen LogP contribution is 2.33. The second-order valence-corrected chi connectivity index (χ2v) is 6.88. The minimum absolute atomic E-state index is 0.283. The van der Waals surface area contributed by atoms with Crippen molar-refractivity contribution in [3.05, 3.63) is 28.5 Å². The van der Waals surface area contributed by atoms with E-state index in [1.54, 1.807) is 0 Å². The first kappa shape index (κ1) is 14.2. The molecule has 0 spiro atoms. The molecule has 2 unspecified atom stereocenters. The topological polar surface area (TPSA) is 33.2 Å². The van der Waals surface area contributed by atoms with Crippen LogP contribution in [0.25, 0.3) is 0 Å². The average Bonchev–Trinajstić information content (AvgIpc) is 2.88. The third-order valence-corrected chi connectivity index (χ3v) is 5.10. The normalized spacial score (nSPS) is 27.9. The number of rotatable bonds is 3. The Kier molecular flexibility index (Phi) is 4.51. The van der Waals surface area contributed by atoms with Crippen molar-refractivity contribution in [1.29, 1.82) is 0 Å². The summed E-state index contributed by atoms with van der Waals surface area (Å²) in [6, 6.07) is 4.57. The third-order valence-electron chi connectivity index (χ3n) is 4.63. The molecule has 2 atom stereocenters. The van der Waals surface area contributed by atoms with Crippen LogP contribution >= 0.6 is 15.9 Å². The largest absolute Gasteiger partial charge is 0.299 e. The lowest BCUT2D eigenvalue weighted by molar-refractivity contribution is -0.123. The highest BCUT2D eigenvalue weighted by molar-refractivity contribution is 9.10. The number of hydrogen-bond donors (Lipinski definition) is 0. The maximum atomic E-state index is 12.1. The number of pyridine rings is 1. The van der Waals surface area contributed by atoms with E-state index in [1.165, 1.54) is 19.3 Å². The molecule has 2 heterocycles. The molecule has 0 N–H and O–H groups in total. The van der Waals surface area contributed by atoms with Gasteiger partial charge in [0, 0.05) is 35.6 Å². The maximum absolute atomic E-state index is 12.1. The van der Waals surface area contributed by atoms with E-state index < -0.39 is 0 Å².